The zero-order chi connectivity index (χ0) is 6.57. The van der Waals surface area contributed by atoms with E-state index in [0.717, 1.165) is 0 Å². The van der Waals surface area contributed by atoms with E-state index < -0.39 is 12.0 Å². The molecule has 0 saturated heterocycles. The number of carboxylic acids is 1. The van der Waals surface area contributed by atoms with Crippen LogP contribution in [0.2, 0.25) is 0 Å². The Hall–Kier alpha value is -1.19. The summed E-state index contributed by atoms with van der Waals surface area (Å²) >= 11 is 0. The van der Waals surface area contributed by atoms with E-state index in [2.05, 4.69) is 11.7 Å². The van der Waals surface area contributed by atoms with Crippen molar-refractivity contribution in [1.29, 1.82) is 0 Å². The van der Waals surface area contributed by atoms with E-state index in [1.54, 1.807) is 0 Å². The van der Waals surface area contributed by atoms with Crippen molar-refractivity contribution in [2.24, 2.45) is 4.99 Å². The molecule has 4 heteroatoms. The molecule has 0 bridgehead atoms. The van der Waals surface area contributed by atoms with Crippen LogP contribution in [0.5, 0.6) is 0 Å². The smallest absolute Gasteiger partial charge is 0.335 e. The molecule has 1 atom stereocenters. The molecule has 4 nitrogen and oxygen atoms in total. The van der Waals surface area contributed by atoms with Gasteiger partial charge in [-0.25, -0.2) is 4.79 Å². The van der Waals surface area contributed by atoms with Gasteiger partial charge in [-0.05, 0) is 6.72 Å². The van der Waals surface area contributed by atoms with Crippen molar-refractivity contribution in [2.45, 2.75) is 6.04 Å². The Bertz CT molecular complexity index is 112. The molecule has 0 aliphatic carbocycles. The molecule has 0 heterocycles. The van der Waals surface area contributed by atoms with E-state index in [4.69, 9.17) is 5.11 Å². The van der Waals surface area contributed by atoms with E-state index >= 15 is 0 Å². The number of carbonyl (C=O) groups is 2. The lowest BCUT2D eigenvalue weighted by atomic mass is 10.4. The van der Waals surface area contributed by atoms with Crippen LogP contribution in [0, 0.1) is 0 Å². The highest BCUT2D eigenvalue weighted by molar-refractivity contribution is 5.91. The maximum absolute atomic E-state index is 9.80. The van der Waals surface area contributed by atoms with Crippen LogP contribution < -0.4 is 0 Å². The summed E-state index contributed by atoms with van der Waals surface area (Å²) in [4.78, 5) is 22.4. The summed E-state index contributed by atoms with van der Waals surface area (Å²) in [5, 5.41) is 8.01. The zero-order valence-electron chi connectivity index (χ0n) is 4.07. The lowest BCUT2D eigenvalue weighted by Crippen LogP contribution is -2.18. The lowest BCUT2D eigenvalue weighted by Gasteiger charge is -1.91. The normalized spacial score (nSPS) is 12.0. The first kappa shape index (κ1) is 6.81. The number of hydrogen-bond acceptors (Lipinski definition) is 3. The molecule has 0 aliphatic heterocycles. The molecule has 0 aliphatic rings. The number of rotatable bonds is 3. The number of carboxylic acid groups (broad SMARTS) is 1. The van der Waals surface area contributed by atoms with Crippen LogP contribution in [0.1, 0.15) is 0 Å². The minimum atomic E-state index is -1.30. The van der Waals surface area contributed by atoms with Crippen molar-refractivity contribution in [3.63, 3.8) is 0 Å². The van der Waals surface area contributed by atoms with Crippen molar-refractivity contribution >= 4 is 19.0 Å². The molecule has 0 aromatic carbocycles. The van der Waals surface area contributed by atoms with Crippen molar-refractivity contribution in [3.05, 3.63) is 0 Å². The fourth-order valence-electron chi connectivity index (χ4n) is 0.179. The van der Waals surface area contributed by atoms with Gasteiger partial charge in [-0.2, -0.15) is 0 Å². The van der Waals surface area contributed by atoms with E-state index in [9.17, 15) is 9.59 Å². The SMILES string of the molecule is C=N[C@H](C=O)C(=O)O. The van der Waals surface area contributed by atoms with Gasteiger partial charge in [-0.15, -0.1) is 0 Å². The summed E-state index contributed by atoms with van der Waals surface area (Å²) in [5.41, 5.74) is 0. The zero-order valence-corrected chi connectivity index (χ0v) is 4.07. The molecule has 44 valence electrons. The van der Waals surface area contributed by atoms with Crippen LogP contribution in [0.15, 0.2) is 4.99 Å². The first-order valence-electron chi connectivity index (χ1n) is 1.86. The number of aliphatic imine (C=N–C) groups is 1. The Morgan fingerprint density at radius 1 is 1.88 bits per heavy atom. The third-order valence-corrected chi connectivity index (χ3v) is 0.579. The average molecular weight is 115 g/mol. The van der Waals surface area contributed by atoms with Gasteiger partial charge in [0.15, 0.2) is 6.29 Å². The minimum absolute atomic E-state index is 0.218. The molecule has 0 unspecified atom stereocenters. The molecule has 0 spiro atoms. The first-order valence-corrected chi connectivity index (χ1v) is 1.86. The Balaban J connectivity index is 3.88. The van der Waals surface area contributed by atoms with Crippen molar-refractivity contribution in [2.75, 3.05) is 0 Å². The quantitative estimate of drug-likeness (QED) is 0.301. The average Bonchev–Trinajstić information content (AvgIpc) is 1.69. The van der Waals surface area contributed by atoms with Crippen LogP contribution >= 0.6 is 0 Å². The first-order chi connectivity index (χ1) is 3.72. The minimum Gasteiger partial charge on any atom is -0.479 e. The summed E-state index contributed by atoms with van der Waals surface area (Å²) in [7, 11) is 0. The highest BCUT2D eigenvalue weighted by Crippen LogP contribution is 1.81. The molecule has 8 heavy (non-hydrogen) atoms. The summed E-state index contributed by atoms with van der Waals surface area (Å²) < 4.78 is 0. The second-order valence-electron chi connectivity index (χ2n) is 1.10. The Kier molecular flexibility index (Phi) is 2.47. The molecule has 0 amide bonds. The second-order valence-corrected chi connectivity index (χ2v) is 1.10. The number of carbonyl (C=O) groups excluding carboxylic acids is 1. The fourth-order valence-corrected chi connectivity index (χ4v) is 0.179. The maximum Gasteiger partial charge on any atom is 0.335 e. The molecule has 0 rings (SSSR count). The molecule has 0 radical (unpaired) electrons. The van der Waals surface area contributed by atoms with Crippen LogP contribution in [0.3, 0.4) is 0 Å². The maximum atomic E-state index is 9.80. The standard InChI is InChI=1S/C4H5NO3/c1-5-3(2-6)4(7)8/h2-3H,1H2,(H,7,8)/t3-/m1/s1. The van der Waals surface area contributed by atoms with Crippen LogP contribution in [-0.2, 0) is 9.59 Å². The van der Waals surface area contributed by atoms with Crippen LogP contribution in [0.4, 0.5) is 0 Å². The number of aldehydes is 1. The summed E-state index contributed by atoms with van der Waals surface area (Å²) in [6.45, 7) is 2.89. The predicted octanol–water partition coefficient (Wildman–Crippen LogP) is -0.661. The van der Waals surface area contributed by atoms with E-state index in [1.165, 1.54) is 0 Å². The van der Waals surface area contributed by atoms with Crippen LogP contribution in [0.25, 0.3) is 0 Å². The van der Waals surface area contributed by atoms with Crippen molar-refractivity contribution < 1.29 is 14.7 Å². The van der Waals surface area contributed by atoms with Gasteiger partial charge in [-0.1, -0.05) is 0 Å². The van der Waals surface area contributed by atoms with Gasteiger partial charge >= 0.3 is 5.97 Å². The third-order valence-electron chi connectivity index (χ3n) is 0.579. The van der Waals surface area contributed by atoms with Gasteiger partial charge in [-0.3, -0.25) is 4.99 Å². The molecule has 0 saturated carbocycles. The molecular formula is C4H5NO3. The monoisotopic (exact) mass is 115 g/mol. The highest BCUT2D eigenvalue weighted by atomic mass is 16.4. The summed E-state index contributed by atoms with van der Waals surface area (Å²) in [6, 6.07) is -1.30. The summed E-state index contributed by atoms with van der Waals surface area (Å²) in [6.07, 6.45) is 0.218. The molecule has 0 aromatic rings. The van der Waals surface area contributed by atoms with E-state index in [-0.39, 0.29) is 6.29 Å². The molecule has 1 N–H and O–H groups in total. The Labute approximate surface area is 45.8 Å². The number of hydrogen-bond donors (Lipinski definition) is 1. The molecular weight excluding hydrogens is 110 g/mol. The van der Waals surface area contributed by atoms with Gasteiger partial charge < -0.3 is 9.90 Å². The Morgan fingerprint density at radius 3 is 2.38 bits per heavy atom. The summed E-state index contributed by atoms with van der Waals surface area (Å²) in [5.74, 6) is -1.27. The van der Waals surface area contributed by atoms with Crippen LogP contribution in [-0.4, -0.2) is 30.1 Å². The topological polar surface area (TPSA) is 66.7 Å². The lowest BCUT2D eigenvalue weighted by molar-refractivity contribution is -0.139. The van der Waals surface area contributed by atoms with Crippen molar-refractivity contribution in [3.8, 4) is 0 Å². The number of nitrogens with zero attached hydrogens (tertiary/aromatic N) is 1. The van der Waals surface area contributed by atoms with Gasteiger partial charge in [0, 0.05) is 0 Å². The number of aliphatic carboxylic acids is 1. The second kappa shape index (κ2) is 2.90. The van der Waals surface area contributed by atoms with E-state index in [0.29, 0.717) is 0 Å². The van der Waals surface area contributed by atoms with Gasteiger partial charge in [0.05, 0.1) is 0 Å². The van der Waals surface area contributed by atoms with Gasteiger partial charge in [0.2, 0.25) is 6.04 Å². The van der Waals surface area contributed by atoms with Crippen molar-refractivity contribution in [1.82, 2.24) is 0 Å². The predicted molar refractivity (Wildman–Crippen MR) is 27.0 cm³/mol. The Morgan fingerprint density at radius 2 is 2.38 bits per heavy atom. The van der Waals surface area contributed by atoms with Gasteiger partial charge in [0.25, 0.3) is 0 Å². The fraction of sp³-hybridized carbons (Fsp3) is 0.250. The third kappa shape index (κ3) is 1.51. The molecule has 0 fully saturated rings. The largest absolute Gasteiger partial charge is 0.479 e. The highest BCUT2D eigenvalue weighted by Gasteiger charge is 2.10. The molecule has 0 aromatic heterocycles. The van der Waals surface area contributed by atoms with Gasteiger partial charge in [0.1, 0.15) is 0 Å². The van der Waals surface area contributed by atoms with E-state index in [1.807, 2.05) is 0 Å².